The average molecular weight is 274 g/mol. The van der Waals surface area contributed by atoms with E-state index >= 15 is 0 Å². The first kappa shape index (κ1) is 15.7. The number of nitriles is 1. The van der Waals surface area contributed by atoms with Gasteiger partial charge in [-0.15, -0.1) is 0 Å². The van der Waals surface area contributed by atoms with Crippen molar-refractivity contribution in [2.75, 3.05) is 26.9 Å². The van der Waals surface area contributed by atoms with E-state index in [2.05, 4.69) is 5.32 Å². The number of hydrogen-bond acceptors (Lipinski definition) is 4. The number of nitrogens with zero attached hydrogens (tertiary/aromatic N) is 1. The number of amides is 1. The molecule has 1 aromatic rings. The van der Waals surface area contributed by atoms with Crippen molar-refractivity contribution in [3.8, 4) is 11.8 Å². The molecule has 0 aromatic heterocycles. The zero-order valence-corrected chi connectivity index (χ0v) is 11.7. The van der Waals surface area contributed by atoms with E-state index in [4.69, 9.17) is 14.7 Å². The monoisotopic (exact) mass is 274 g/mol. The van der Waals surface area contributed by atoms with E-state index < -0.39 is 5.91 Å². The van der Waals surface area contributed by atoms with E-state index in [0.717, 1.165) is 11.3 Å². The molecule has 0 spiro atoms. The normalized spacial score (nSPS) is 10.8. The van der Waals surface area contributed by atoms with Gasteiger partial charge in [-0.25, -0.2) is 0 Å². The Labute approximate surface area is 118 Å². The molecule has 5 nitrogen and oxygen atoms in total. The third kappa shape index (κ3) is 5.12. The molecule has 106 valence electrons. The van der Waals surface area contributed by atoms with Gasteiger partial charge in [0, 0.05) is 13.7 Å². The van der Waals surface area contributed by atoms with E-state index in [1.165, 1.54) is 6.08 Å². The summed E-state index contributed by atoms with van der Waals surface area (Å²) in [5.74, 6) is 0.353. The molecule has 0 fully saturated rings. The Morgan fingerprint density at radius 1 is 1.40 bits per heavy atom. The lowest BCUT2D eigenvalue weighted by Gasteiger charge is -2.04. The zero-order valence-electron chi connectivity index (χ0n) is 11.7. The van der Waals surface area contributed by atoms with Crippen LogP contribution < -0.4 is 10.1 Å². The van der Waals surface area contributed by atoms with Crippen molar-refractivity contribution < 1.29 is 14.3 Å². The molecule has 1 rings (SSSR count). The largest absolute Gasteiger partial charge is 0.494 e. The standard InChI is InChI=1S/C15H18N2O3/c1-3-20-14-6-4-12(5-7-14)10-13(11-16)15(18)17-8-9-19-2/h4-7,10H,3,8-9H2,1-2H3,(H,17,18)/b13-10+. The summed E-state index contributed by atoms with van der Waals surface area (Å²) in [7, 11) is 1.55. The average Bonchev–Trinajstić information content (AvgIpc) is 2.47. The Balaban J connectivity index is 2.73. The molecule has 0 aliphatic rings. The summed E-state index contributed by atoms with van der Waals surface area (Å²) in [6.45, 7) is 3.29. The van der Waals surface area contributed by atoms with Crippen molar-refractivity contribution in [2.24, 2.45) is 0 Å². The zero-order chi connectivity index (χ0) is 14.8. The lowest BCUT2D eigenvalue weighted by molar-refractivity contribution is -0.117. The SMILES string of the molecule is CCOc1ccc(/C=C(\C#N)C(=O)NCCOC)cc1. The molecule has 0 saturated carbocycles. The fraction of sp³-hybridized carbons (Fsp3) is 0.333. The number of rotatable bonds is 7. The van der Waals surface area contributed by atoms with Gasteiger partial charge in [-0.05, 0) is 30.7 Å². The minimum absolute atomic E-state index is 0.0604. The lowest BCUT2D eigenvalue weighted by Crippen LogP contribution is -2.27. The maximum Gasteiger partial charge on any atom is 0.262 e. The van der Waals surface area contributed by atoms with E-state index in [1.807, 2.05) is 13.0 Å². The van der Waals surface area contributed by atoms with Crippen LogP contribution in [0.5, 0.6) is 5.75 Å². The highest BCUT2D eigenvalue weighted by Crippen LogP contribution is 2.14. The second-order valence-electron chi connectivity index (χ2n) is 3.92. The molecule has 0 aliphatic carbocycles. The van der Waals surface area contributed by atoms with Gasteiger partial charge in [0.15, 0.2) is 0 Å². The molecule has 1 N–H and O–H groups in total. The van der Waals surface area contributed by atoms with Gasteiger partial charge in [-0.1, -0.05) is 12.1 Å². The summed E-state index contributed by atoms with van der Waals surface area (Å²) in [6.07, 6.45) is 1.54. The number of benzene rings is 1. The number of methoxy groups -OCH3 is 1. The number of hydrogen-bond donors (Lipinski definition) is 1. The minimum atomic E-state index is -0.404. The maximum atomic E-state index is 11.7. The summed E-state index contributed by atoms with van der Waals surface area (Å²) in [4.78, 5) is 11.7. The van der Waals surface area contributed by atoms with Crippen molar-refractivity contribution in [3.63, 3.8) is 0 Å². The fourth-order valence-corrected chi connectivity index (χ4v) is 1.50. The summed E-state index contributed by atoms with van der Waals surface area (Å²) in [6, 6.07) is 9.08. The fourth-order valence-electron chi connectivity index (χ4n) is 1.50. The molecular formula is C15H18N2O3. The van der Waals surface area contributed by atoms with Crippen LogP contribution >= 0.6 is 0 Å². The van der Waals surface area contributed by atoms with Crippen LogP contribution in [0.15, 0.2) is 29.8 Å². The second kappa shape index (κ2) is 8.73. The van der Waals surface area contributed by atoms with Crippen molar-refractivity contribution >= 4 is 12.0 Å². The smallest absolute Gasteiger partial charge is 0.262 e. The first-order chi connectivity index (χ1) is 9.71. The van der Waals surface area contributed by atoms with Crippen LogP contribution in [0.4, 0.5) is 0 Å². The van der Waals surface area contributed by atoms with Crippen molar-refractivity contribution in [1.82, 2.24) is 5.32 Å². The Morgan fingerprint density at radius 2 is 2.10 bits per heavy atom. The Kier molecular flexibility index (Phi) is 6.87. The predicted octanol–water partition coefficient (Wildman–Crippen LogP) is 1.75. The summed E-state index contributed by atoms with van der Waals surface area (Å²) >= 11 is 0. The highest BCUT2D eigenvalue weighted by molar-refractivity contribution is 6.01. The van der Waals surface area contributed by atoms with Crippen LogP contribution in [0.25, 0.3) is 6.08 Å². The summed E-state index contributed by atoms with van der Waals surface area (Å²) in [5.41, 5.74) is 0.831. The van der Waals surface area contributed by atoms with Gasteiger partial charge in [-0.2, -0.15) is 5.26 Å². The van der Waals surface area contributed by atoms with E-state index in [-0.39, 0.29) is 5.57 Å². The van der Waals surface area contributed by atoms with Crippen molar-refractivity contribution in [1.29, 1.82) is 5.26 Å². The molecule has 0 saturated heterocycles. The molecule has 0 bridgehead atoms. The van der Waals surface area contributed by atoms with Gasteiger partial charge in [-0.3, -0.25) is 4.79 Å². The van der Waals surface area contributed by atoms with Gasteiger partial charge >= 0.3 is 0 Å². The third-order valence-corrected chi connectivity index (χ3v) is 2.46. The lowest BCUT2D eigenvalue weighted by atomic mass is 10.1. The first-order valence-electron chi connectivity index (χ1n) is 6.33. The summed E-state index contributed by atoms with van der Waals surface area (Å²) in [5, 5.41) is 11.6. The predicted molar refractivity (Wildman–Crippen MR) is 76.1 cm³/mol. The minimum Gasteiger partial charge on any atom is -0.494 e. The first-order valence-corrected chi connectivity index (χ1v) is 6.33. The molecule has 1 aromatic carbocycles. The van der Waals surface area contributed by atoms with Gasteiger partial charge in [0.05, 0.1) is 13.2 Å². The van der Waals surface area contributed by atoms with Crippen LogP contribution in [0.1, 0.15) is 12.5 Å². The van der Waals surface area contributed by atoms with E-state index in [9.17, 15) is 4.79 Å². The molecule has 0 radical (unpaired) electrons. The molecule has 0 atom stereocenters. The Bertz CT molecular complexity index is 501. The van der Waals surface area contributed by atoms with Crippen LogP contribution in [0, 0.1) is 11.3 Å². The molecule has 1 amide bonds. The highest BCUT2D eigenvalue weighted by atomic mass is 16.5. The van der Waals surface area contributed by atoms with Crippen LogP contribution in [-0.2, 0) is 9.53 Å². The number of carbonyl (C=O) groups is 1. The molecule has 0 heterocycles. The Hall–Kier alpha value is -2.32. The quantitative estimate of drug-likeness (QED) is 0.467. The second-order valence-corrected chi connectivity index (χ2v) is 3.92. The van der Waals surface area contributed by atoms with Crippen molar-refractivity contribution in [2.45, 2.75) is 6.92 Å². The van der Waals surface area contributed by atoms with Gasteiger partial charge in [0.2, 0.25) is 0 Å². The van der Waals surface area contributed by atoms with Gasteiger partial charge in [0.25, 0.3) is 5.91 Å². The molecule has 20 heavy (non-hydrogen) atoms. The van der Waals surface area contributed by atoms with Crippen LogP contribution in [-0.4, -0.2) is 32.8 Å². The number of carbonyl (C=O) groups excluding carboxylic acids is 1. The maximum absolute atomic E-state index is 11.7. The van der Waals surface area contributed by atoms with Crippen molar-refractivity contribution in [3.05, 3.63) is 35.4 Å². The number of ether oxygens (including phenoxy) is 2. The van der Waals surface area contributed by atoms with Gasteiger partial charge < -0.3 is 14.8 Å². The van der Waals surface area contributed by atoms with E-state index in [1.54, 1.807) is 31.4 Å². The number of nitrogens with one attached hydrogen (secondary N) is 1. The van der Waals surface area contributed by atoms with Gasteiger partial charge in [0.1, 0.15) is 17.4 Å². The molecular weight excluding hydrogens is 256 g/mol. The molecule has 0 aliphatic heterocycles. The molecule has 5 heteroatoms. The topological polar surface area (TPSA) is 71.3 Å². The third-order valence-electron chi connectivity index (χ3n) is 2.46. The Morgan fingerprint density at radius 3 is 2.65 bits per heavy atom. The highest BCUT2D eigenvalue weighted by Gasteiger charge is 2.08. The summed E-state index contributed by atoms with van der Waals surface area (Å²) < 4.78 is 10.2. The van der Waals surface area contributed by atoms with Crippen LogP contribution in [0.3, 0.4) is 0 Å². The molecule has 0 unspecified atom stereocenters. The van der Waals surface area contributed by atoms with Crippen LogP contribution in [0.2, 0.25) is 0 Å². The van der Waals surface area contributed by atoms with E-state index in [0.29, 0.717) is 19.8 Å².